The van der Waals surface area contributed by atoms with E-state index in [1.807, 2.05) is 13.8 Å². The smallest absolute Gasteiger partial charge is 0.305 e. The van der Waals surface area contributed by atoms with E-state index in [0.29, 0.717) is 18.1 Å². The Morgan fingerprint density at radius 2 is 2.05 bits per heavy atom. The van der Waals surface area contributed by atoms with Crippen LogP contribution in [0.25, 0.3) is 0 Å². The number of amides is 1. The van der Waals surface area contributed by atoms with Crippen molar-refractivity contribution in [2.24, 2.45) is 0 Å². The lowest BCUT2D eigenvalue weighted by Crippen LogP contribution is -2.34. The van der Waals surface area contributed by atoms with Crippen molar-refractivity contribution in [3.63, 3.8) is 0 Å². The first kappa shape index (κ1) is 15.1. The van der Waals surface area contributed by atoms with Crippen LogP contribution in [-0.2, 0) is 16.0 Å². The highest BCUT2D eigenvalue weighted by atomic mass is 16.5. The highest BCUT2D eigenvalue weighted by Crippen LogP contribution is 2.10. The largest absolute Gasteiger partial charge is 0.481 e. The average Bonchev–Trinajstić information content (AvgIpc) is 2.73. The van der Waals surface area contributed by atoms with Gasteiger partial charge >= 0.3 is 5.97 Å². The fourth-order valence-corrected chi connectivity index (χ4v) is 1.48. The molecule has 0 spiro atoms. The van der Waals surface area contributed by atoms with E-state index < -0.39 is 5.97 Å². The molecule has 7 nitrogen and oxygen atoms in total. The summed E-state index contributed by atoms with van der Waals surface area (Å²) in [6, 6.07) is -0.390. The first-order chi connectivity index (χ1) is 8.88. The zero-order chi connectivity index (χ0) is 14.4. The molecule has 0 aliphatic rings. The number of aromatic nitrogens is 2. The van der Waals surface area contributed by atoms with Gasteiger partial charge in [0, 0.05) is 24.8 Å². The summed E-state index contributed by atoms with van der Waals surface area (Å²) in [5.41, 5.74) is 0. The molecule has 1 unspecified atom stereocenters. The van der Waals surface area contributed by atoms with E-state index in [0.717, 1.165) is 0 Å². The molecule has 19 heavy (non-hydrogen) atoms. The maximum atomic E-state index is 11.6. The third-order valence-corrected chi connectivity index (χ3v) is 2.45. The van der Waals surface area contributed by atoms with Crippen LogP contribution in [0.5, 0.6) is 0 Å². The van der Waals surface area contributed by atoms with Crippen molar-refractivity contribution < 1.29 is 19.2 Å². The van der Waals surface area contributed by atoms with Crippen molar-refractivity contribution in [2.45, 2.75) is 52.0 Å². The number of carboxylic acids is 1. The van der Waals surface area contributed by atoms with E-state index in [1.54, 1.807) is 6.92 Å². The number of hydrogen-bond acceptors (Lipinski definition) is 5. The van der Waals surface area contributed by atoms with Gasteiger partial charge in [0.25, 0.3) is 0 Å². The third kappa shape index (κ3) is 5.50. The molecule has 0 radical (unpaired) electrons. The Kier molecular flexibility index (Phi) is 5.47. The quantitative estimate of drug-likeness (QED) is 0.768. The van der Waals surface area contributed by atoms with Crippen molar-refractivity contribution in [1.82, 2.24) is 15.5 Å². The molecule has 1 aromatic rings. The second kappa shape index (κ2) is 6.86. The van der Waals surface area contributed by atoms with E-state index in [1.165, 1.54) is 0 Å². The predicted molar refractivity (Wildman–Crippen MR) is 66.6 cm³/mol. The van der Waals surface area contributed by atoms with Gasteiger partial charge in [0.2, 0.25) is 11.8 Å². The minimum atomic E-state index is -0.939. The van der Waals surface area contributed by atoms with Gasteiger partial charge in [-0.1, -0.05) is 19.0 Å². The van der Waals surface area contributed by atoms with E-state index in [9.17, 15) is 9.59 Å². The second-order valence-electron chi connectivity index (χ2n) is 4.77. The standard InChI is InChI=1S/C12H19N3O4/c1-7(2)12-14-10(19-15-12)5-4-9(16)13-8(3)6-11(17)18/h7-8H,4-6H2,1-3H3,(H,13,16)(H,17,18). The van der Waals surface area contributed by atoms with E-state index in [4.69, 9.17) is 9.63 Å². The Balaban J connectivity index is 2.35. The van der Waals surface area contributed by atoms with Gasteiger partial charge in [-0.25, -0.2) is 0 Å². The average molecular weight is 269 g/mol. The lowest BCUT2D eigenvalue weighted by Gasteiger charge is -2.10. The van der Waals surface area contributed by atoms with Gasteiger partial charge in [-0.2, -0.15) is 4.98 Å². The first-order valence-corrected chi connectivity index (χ1v) is 6.22. The topological polar surface area (TPSA) is 105 Å². The molecule has 0 saturated heterocycles. The first-order valence-electron chi connectivity index (χ1n) is 6.22. The molecule has 0 bridgehead atoms. The molecule has 2 N–H and O–H groups in total. The van der Waals surface area contributed by atoms with Crippen LogP contribution in [0.3, 0.4) is 0 Å². The molecule has 0 aromatic carbocycles. The second-order valence-corrected chi connectivity index (χ2v) is 4.77. The molecule has 0 aliphatic heterocycles. The maximum absolute atomic E-state index is 11.6. The van der Waals surface area contributed by atoms with E-state index >= 15 is 0 Å². The molecular weight excluding hydrogens is 250 g/mol. The predicted octanol–water partition coefficient (Wildman–Crippen LogP) is 1.10. The summed E-state index contributed by atoms with van der Waals surface area (Å²) < 4.78 is 5.01. The number of carboxylic acid groups (broad SMARTS) is 1. The van der Waals surface area contributed by atoms with Crippen LogP contribution in [0.15, 0.2) is 4.52 Å². The summed E-state index contributed by atoms with van der Waals surface area (Å²) in [4.78, 5) is 26.2. The highest BCUT2D eigenvalue weighted by Gasteiger charge is 2.13. The van der Waals surface area contributed by atoms with Gasteiger partial charge in [0.1, 0.15) is 0 Å². The molecule has 7 heteroatoms. The minimum absolute atomic E-state index is 0.0935. The monoisotopic (exact) mass is 269 g/mol. The molecule has 1 atom stereocenters. The highest BCUT2D eigenvalue weighted by molar-refractivity contribution is 5.77. The third-order valence-electron chi connectivity index (χ3n) is 2.45. The van der Waals surface area contributed by atoms with Crippen LogP contribution < -0.4 is 5.32 Å². The summed E-state index contributed by atoms with van der Waals surface area (Å²) in [6.45, 7) is 5.55. The molecule has 106 valence electrons. The summed E-state index contributed by atoms with van der Waals surface area (Å²) >= 11 is 0. The number of carbonyl (C=O) groups excluding carboxylic acids is 1. The molecule has 1 amide bonds. The van der Waals surface area contributed by atoms with Crippen molar-refractivity contribution in [3.05, 3.63) is 11.7 Å². The van der Waals surface area contributed by atoms with Crippen molar-refractivity contribution in [1.29, 1.82) is 0 Å². The normalized spacial score (nSPS) is 12.4. The van der Waals surface area contributed by atoms with Crippen LogP contribution >= 0.6 is 0 Å². The summed E-state index contributed by atoms with van der Waals surface area (Å²) in [5, 5.41) is 15.0. The van der Waals surface area contributed by atoms with E-state index in [2.05, 4.69) is 15.5 Å². The van der Waals surface area contributed by atoms with Gasteiger partial charge in [0.05, 0.1) is 6.42 Å². The van der Waals surface area contributed by atoms with Crippen LogP contribution in [0.4, 0.5) is 0 Å². The van der Waals surface area contributed by atoms with Gasteiger partial charge in [-0.3, -0.25) is 9.59 Å². The number of nitrogens with zero attached hydrogens (tertiary/aromatic N) is 2. The summed E-state index contributed by atoms with van der Waals surface area (Å²) in [5.74, 6) is 0.0608. The van der Waals surface area contributed by atoms with Crippen LogP contribution in [0, 0.1) is 0 Å². The number of rotatable bonds is 7. The molecule has 1 rings (SSSR count). The van der Waals surface area contributed by atoms with Crippen LogP contribution in [-0.4, -0.2) is 33.2 Å². The number of aliphatic carboxylic acids is 1. The molecule has 1 aromatic heterocycles. The summed E-state index contributed by atoms with van der Waals surface area (Å²) in [7, 11) is 0. The van der Waals surface area contributed by atoms with Crippen LogP contribution in [0.2, 0.25) is 0 Å². The number of aryl methyl sites for hydroxylation is 1. The van der Waals surface area contributed by atoms with Crippen molar-refractivity contribution in [2.75, 3.05) is 0 Å². The van der Waals surface area contributed by atoms with Crippen molar-refractivity contribution in [3.8, 4) is 0 Å². The SMILES string of the molecule is CC(CC(=O)O)NC(=O)CCc1nc(C(C)C)no1. The van der Waals surface area contributed by atoms with E-state index in [-0.39, 0.29) is 30.7 Å². The fraction of sp³-hybridized carbons (Fsp3) is 0.667. The van der Waals surface area contributed by atoms with Gasteiger partial charge < -0.3 is 14.9 Å². The summed E-state index contributed by atoms with van der Waals surface area (Å²) in [6.07, 6.45) is 0.457. The van der Waals surface area contributed by atoms with Gasteiger partial charge in [-0.05, 0) is 6.92 Å². The zero-order valence-electron chi connectivity index (χ0n) is 11.3. The van der Waals surface area contributed by atoms with Crippen molar-refractivity contribution >= 4 is 11.9 Å². The Morgan fingerprint density at radius 1 is 1.37 bits per heavy atom. The minimum Gasteiger partial charge on any atom is -0.481 e. The number of carbonyl (C=O) groups is 2. The lowest BCUT2D eigenvalue weighted by molar-refractivity contribution is -0.137. The number of nitrogens with one attached hydrogen (secondary N) is 1. The fourth-order valence-electron chi connectivity index (χ4n) is 1.48. The molecular formula is C12H19N3O4. The Labute approximate surface area is 111 Å². The maximum Gasteiger partial charge on any atom is 0.305 e. The Hall–Kier alpha value is -1.92. The Morgan fingerprint density at radius 3 is 2.58 bits per heavy atom. The number of hydrogen-bond donors (Lipinski definition) is 2. The van der Waals surface area contributed by atoms with Gasteiger partial charge in [0.15, 0.2) is 5.82 Å². The molecule has 0 fully saturated rings. The zero-order valence-corrected chi connectivity index (χ0v) is 11.3. The Bertz CT molecular complexity index is 442. The lowest BCUT2D eigenvalue weighted by atomic mass is 10.2. The molecule has 0 aliphatic carbocycles. The van der Waals surface area contributed by atoms with Crippen LogP contribution in [0.1, 0.15) is 51.2 Å². The van der Waals surface area contributed by atoms with Gasteiger partial charge in [-0.15, -0.1) is 0 Å². The molecule has 0 saturated carbocycles. The molecule has 1 heterocycles.